The highest BCUT2D eigenvalue weighted by molar-refractivity contribution is 4.93. The van der Waals surface area contributed by atoms with Crippen molar-refractivity contribution in [1.29, 1.82) is 0 Å². The van der Waals surface area contributed by atoms with Crippen LogP contribution in [0.5, 0.6) is 0 Å². The second-order valence-corrected chi connectivity index (χ2v) is 3.74. The van der Waals surface area contributed by atoms with E-state index in [0.29, 0.717) is 6.90 Å². The lowest BCUT2D eigenvalue weighted by molar-refractivity contribution is 0.358. The highest BCUT2D eigenvalue weighted by Gasteiger charge is 2.38. The van der Waals surface area contributed by atoms with Crippen LogP contribution in [0.15, 0.2) is 0 Å². The Hall–Kier alpha value is -0.0400. The van der Waals surface area contributed by atoms with Crippen LogP contribution in [-0.2, 0) is 0 Å². The second kappa shape index (κ2) is 2.54. The molecule has 0 aromatic carbocycles. The molecule has 0 amide bonds. The van der Waals surface area contributed by atoms with Gasteiger partial charge in [-0.2, -0.15) is 0 Å². The molecule has 1 nitrogen and oxygen atoms in total. The molecule has 0 saturated heterocycles. The topological polar surface area (TPSA) is 12.0 Å². The minimum Gasteiger partial charge on any atom is -0.314 e. The van der Waals surface area contributed by atoms with Gasteiger partial charge in [0, 0.05) is 7.41 Å². The van der Waals surface area contributed by atoms with Crippen LogP contribution in [0.2, 0.25) is 0 Å². The maximum atomic E-state index is 7.04. The van der Waals surface area contributed by atoms with Gasteiger partial charge in [-0.25, -0.2) is 0 Å². The van der Waals surface area contributed by atoms with E-state index in [1.165, 1.54) is 25.7 Å². The van der Waals surface area contributed by atoms with Gasteiger partial charge in [0.25, 0.3) is 0 Å². The van der Waals surface area contributed by atoms with Gasteiger partial charge in [-0.15, -0.1) is 0 Å². The molecular formula is C9H17N. The van der Waals surface area contributed by atoms with E-state index in [-0.39, 0.29) is 0 Å². The molecule has 2 bridgehead atoms. The molecule has 2 aliphatic carbocycles. The molecule has 2 fully saturated rings. The summed E-state index contributed by atoms with van der Waals surface area (Å²) in [5.74, 6) is 2.00. The van der Waals surface area contributed by atoms with Crippen molar-refractivity contribution >= 4 is 0 Å². The largest absolute Gasteiger partial charge is 0.314 e. The first-order valence-corrected chi connectivity index (χ1v) is 4.43. The predicted molar refractivity (Wildman–Crippen MR) is 42.9 cm³/mol. The molecule has 58 valence electrons. The van der Waals surface area contributed by atoms with Crippen LogP contribution in [0.4, 0.5) is 0 Å². The van der Waals surface area contributed by atoms with Crippen molar-refractivity contribution in [2.24, 2.45) is 11.8 Å². The van der Waals surface area contributed by atoms with Gasteiger partial charge < -0.3 is 5.32 Å². The van der Waals surface area contributed by atoms with Crippen molar-refractivity contribution in [2.45, 2.75) is 38.6 Å². The fraction of sp³-hybridized carbons (Fsp3) is 1.00. The zero-order valence-electron chi connectivity index (χ0n) is 7.47. The maximum absolute atomic E-state index is 7.04. The molecule has 2 saturated carbocycles. The van der Waals surface area contributed by atoms with E-state index in [4.69, 9.17) is 1.37 Å². The van der Waals surface area contributed by atoms with Crippen LogP contribution in [0, 0.1) is 11.8 Å². The summed E-state index contributed by atoms with van der Waals surface area (Å²) >= 11 is 0. The second-order valence-electron chi connectivity index (χ2n) is 3.74. The molecule has 0 radical (unpaired) electrons. The predicted octanol–water partition coefficient (Wildman–Crippen LogP) is 1.78. The van der Waals surface area contributed by atoms with E-state index in [1.54, 1.807) is 0 Å². The van der Waals surface area contributed by atoms with Gasteiger partial charge in [0.15, 0.2) is 0 Å². The number of nitrogens with one attached hydrogen (secondary N) is 1. The van der Waals surface area contributed by atoms with Gasteiger partial charge in [0.2, 0.25) is 0 Å². The first kappa shape index (κ1) is 5.59. The van der Waals surface area contributed by atoms with E-state index >= 15 is 0 Å². The highest BCUT2D eigenvalue weighted by Crippen LogP contribution is 2.44. The third kappa shape index (κ3) is 0.968. The van der Waals surface area contributed by atoms with E-state index in [9.17, 15) is 0 Å². The summed E-state index contributed by atoms with van der Waals surface area (Å²) in [5.41, 5.74) is 0. The van der Waals surface area contributed by atoms with Gasteiger partial charge in [-0.05, 0) is 37.6 Å². The molecule has 1 heteroatoms. The molecule has 2 rings (SSSR count). The molecule has 2 aliphatic rings. The Balaban J connectivity index is 1.78. The Kier molecular flexibility index (Phi) is 1.42. The third-order valence-electron chi connectivity index (χ3n) is 3.14. The highest BCUT2D eigenvalue weighted by atomic mass is 14.9. The Morgan fingerprint density at radius 3 is 3.10 bits per heavy atom. The summed E-state index contributed by atoms with van der Waals surface area (Å²) in [6.07, 6.45) is 5.78. The molecule has 3 atom stereocenters. The lowest BCUT2D eigenvalue weighted by Crippen LogP contribution is -2.33. The molecule has 0 spiro atoms. The van der Waals surface area contributed by atoms with Crippen molar-refractivity contribution in [3.8, 4) is 0 Å². The molecule has 1 N–H and O–H groups in total. The third-order valence-corrected chi connectivity index (χ3v) is 3.14. The first-order chi connectivity index (χ1) is 5.40. The summed E-state index contributed by atoms with van der Waals surface area (Å²) in [7, 11) is 0. The molecule has 0 aliphatic heterocycles. The van der Waals surface area contributed by atoms with Crippen LogP contribution in [-0.4, -0.2) is 12.6 Å². The Labute approximate surface area is 64.6 Å². The van der Waals surface area contributed by atoms with Crippen molar-refractivity contribution < 1.29 is 1.37 Å². The lowest BCUT2D eigenvalue weighted by Gasteiger charge is -2.21. The molecular weight excluding hydrogens is 122 g/mol. The van der Waals surface area contributed by atoms with Crippen LogP contribution in [0.3, 0.4) is 0 Å². The number of hydrogen-bond donors (Lipinski definition) is 1. The van der Waals surface area contributed by atoms with Crippen molar-refractivity contribution in [3.63, 3.8) is 0 Å². The van der Waals surface area contributed by atoms with Gasteiger partial charge in [-0.3, -0.25) is 0 Å². The summed E-state index contributed by atoms with van der Waals surface area (Å²) in [6.45, 7) is 1.43. The van der Waals surface area contributed by atoms with Gasteiger partial charge >= 0.3 is 0 Å². The summed E-state index contributed by atoms with van der Waals surface area (Å²) in [6, 6.07) is 0.777. The standard InChI is InChI=1S/C9H17N/c1-2-10-9-6-7-3-4-8(9)5-7/h7-10H,2-6H2,1H3/i1D. The van der Waals surface area contributed by atoms with Crippen LogP contribution in [0.25, 0.3) is 0 Å². The minimum atomic E-state index is 0.536. The number of hydrogen-bond acceptors (Lipinski definition) is 1. The molecule has 0 aromatic heterocycles. The number of fused-ring (bicyclic) bond motifs is 2. The average molecular weight is 140 g/mol. The quantitative estimate of drug-likeness (QED) is 0.616. The Bertz CT molecular complexity index is 138. The number of rotatable bonds is 2. The fourth-order valence-corrected chi connectivity index (χ4v) is 2.68. The molecule has 0 heterocycles. The van der Waals surface area contributed by atoms with Crippen LogP contribution >= 0.6 is 0 Å². The average Bonchev–Trinajstić information content (AvgIpc) is 2.60. The van der Waals surface area contributed by atoms with Crippen molar-refractivity contribution in [3.05, 3.63) is 0 Å². The molecule has 10 heavy (non-hydrogen) atoms. The smallest absolute Gasteiger partial charge is 0.0243 e. The zero-order chi connectivity index (χ0) is 7.68. The van der Waals surface area contributed by atoms with E-state index in [2.05, 4.69) is 5.32 Å². The van der Waals surface area contributed by atoms with Crippen molar-refractivity contribution in [2.75, 3.05) is 6.54 Å². The van der Waals surface area contributed by atoms with Gasteiger partial charge in [-0.1, -0.05) is 13.3 Å². The Morgan fingerprint density at radius 1 is 1.50 bits per heavy atom. The van der Waals surface area contributed by atoms with Gasteiger partial charge in [0.05, 0.1) is 0 Å². The first-order valence-electron chi connectivity index (χ1n) is 5.13. The molecule has 0 aromatic rings. The SMILES string of the molecule is [2H]CCNC1CC2CCC1C2. The van der Waals surface area contributed by atoms with Crippen molar-refractivity contribution in [1.82, 2.24) is 5.32 Å². The van der Waals surface area contributed by atoms with E-state index < -0.39 is 0 Å². The van der Waals surface area contributed by atoms with Crippen LogP contribution < -0.4 is 5.32 Å². The monoisotopic (exact) mass is 140 g/mol. The summed E-state index contributed by atoms with van der Waals surface area (Å²) in [5, 5.41) is 3.48. The zero-order valence-corrected chi connectivity index (χ0v) is 6.47. The van der Waals surface area contributed by atoms with Gasteiger partial charge in [0.1, 0.15) is 0 Å². The Morgan fingerprint density at radius 2 is 2.50 bits per heavy atom. The lowest BCUT2D eigenvalue weighted by atomic mass is 9.95. The van der Waals surface area contributed by atoms with E-state index in [0.717, 1.165) is 24.4 Å². The maximum Gasteiger partial charge on any atom is 0.0243 e. The molecule has 3 unspecified atom stereocenters. The van der Waals surface area contributed by atoms with E-state index in [1.807, 2.05) is 0 Å². The normalized spacial score (nSPS) is 46.0. The fourth-order valence-electron chi connectivity index (χ4n) is 2.68. The van der Waals surface area contributed by atoms with Crippen LogP contribution in [0.1, 0.15) is 34.0 Å². The summed E-state index contributed by atoms with van der Waals surface area (Å²) < 4.78 is 7.04. The summed E-state index contributed by atoms with van der Waals surface area (Å²) in [4.78, 5) is 0. The minimum absolute atomic E-state index is 0.536.